The topological polar surface area (TPSA) is 65.6 Å². The van der Waals surface area contributed by atoms with Crippen LogP contribution >= 0.6 is 11.6 Å². The average Bonchev–Trinajstić information content (AvgIpc) is 2.91. The summed E-state index contributed by atoms with van der Waals surface area (Å²) in [7, 11) is 1.82. The van der Waals surface area contributed by atoms with Crippen molar-refractivity contribution in [1.82, 2.24) is 24.3 Å². The van der Waals surface area contributed by atoms with Gasteiger partial charge in [0, 0.05) is 7.05 Å². The van der Waals surface area contributed by atoms with Crippen LogP contribution in [0.1, 0.15) is 32.1 Å². The van der Waals surface area contributed by atoms with Gasteiger partial charge in [-0.3, -0.25) is 14.0 Å². The smallest absolute Gasteiger partial charge is 0.263 e. The summed E-state index contributed by atoms with van der Waals surface area (Å²) in [5, 5.41) is 4.97. The molecule has 0 aliphatic rings. The fourth-order valence-electron chi connectivity index (χ4n) is 2.76. The zero-order chi connectivity index (χ0) is 16.6. The van der Waals surface area contributed by atoms with Crippen LogP contribution in [0.5, 0.6) is 0 Å². The second kappa shape index (κ2) is 6.12. The van der Waals surface area contributed by atoms with Gasteiger partial charge < -0.3 is 0 Å². The molecule has 0 radical (unpaired) electrons. The Bertz CT molecular complexity index is 899. The van der Waals surface area contributed by atoms with E-state index in [1.165, 1.54) is 6.33 Å². The summed E-state index contributed by atoms with van der Waals surface area (Å²) in [5.74, 6) is 1.11. The van der Waals surface area contributed by atoms with E-state index >= 15 is 0 Å². The van der Waals surface area contributed by atoms with Crippen molar-refractivity contribution in [3.05, 3.63) is 52.1 Å². The number of aryl methyl sites for hydroxylation is 1. The summed E-state index contributed by atoms with van der Waals surface area (Å²) in [6.07, 6.45) is 3.82. The Morgan fingerprint density at radius 2 is 2.04 bits per heavy atom. The molecular formula is C16H18ClN5O. The highest BCUT2D eigenvalue weighted by molar-refractivity contribution is 6.35. The van der Waals surface area contributed by atoms with Crippen LogP contribution in [0.25, 0.3) is 10.9 Å². The van der Waals surface area contributed by atoms with Crippen molar-refractivity contribution in [2.24, 2.45) is 13.0 Å². The Morgan fingerprint density at radius 3 is 2.70 bits per heavy atom. The first kappa shape index (κ1) is 15.7. The predicted octanol–water partition coefficient (Wildman–Crippen LogP) is 2.81. The lowest BCUT2D eigenvalue weighted by atomic mass is 10.0. The summed E-state index contributed by atoms with van der Waals surface area (Å²) in [6.45, 7) is 4.21. The number of fused-ring (bicyclic) bond motifs is 1. The van der Waals surface area contributed by atoms with Gasteiger partial charge in [0.15, 0.2) is 0 Å². The zero-order valence-corrected chi connectivity index (χ0v) is 14.0. The SMILES string of the molecule is CC(C)CC(c1ncnn1C)n1cnc2cccc(Cl)c2c1=O. The summed E-state index contributed by atoms with van der Waals surface area (Å²) in [6, 6.07) is 5.04. The van der Waals surface area contributed by atoms with Gasteiger partial charge in [-0.25, -0.2) is 9.97 Å². The third-order valence-corrected chi connectivity index (χ3v) is 4.15. The Balaban J connectivity index is 2.23. The molecule has 0 aliphatic carbocycles. The molecule has 1 atom stereocenters. The van der Waals surface area contributed by atoms with Crippen LogP contribution in [0.15, 0.2) is 35.6 Å². The van der Waals surface area contributed by atoms with Crippen LogP contribution in [-0.2, 0) is 7.05 Å². The van der Waals surface area contributed by atoms with Crippen molar-refractivity contribution in [2.45, 2.75) is 26.3 Å². The van der Waals surface area contributed by atoms with Gasteiger partial charge in [0.25, 0.3) is 5.56 Å². The van der Waals surface area contributed by atoms with Gasteiger partial charge in [-0.05, 0) is 24.5 Å². The molecule has 6 nitrogen and oxygen atoms in total. The normalized spacial score (nSPS) is 12.9. The van der Waals surface area contributed by atoms with Crippen LogP contribution in [0, 0.1) is 5.92 Å². The summed E-state index contributed by atoms with van der Waals surface area (Å²) >= 11 is 6.21. The molecule has 0 fully saturated rings. The third-order valence-electron chi connectivity index (χ3n) is 3.84. The monoisotopic (exact) mass is 331 g/mol. The van der Waals surface area contributed by atoms with Gasteiger partial charge in [0.2, 0.25) is 0 Å². The number of benzene rings is 1. The maximum atomic E-state index is 13.0. The van der Waals surface area contributed by atoms with Gasteiger partial charge >= 0.3 is 0 Å². The van der Waals surface area contributed by atoms with Gasteiger partial charge in [-0.15, -0.1) is 0 Å². The van der Waals surface area contributed by atoms with Gasteiger partial charge in [-0.1, -0.05) is 31.5 Å². The minimum Gasteiger partial charge on any atom is -0.288 e. The van der Waals surface area contributed by atoms with Gasteiger partial charge in [-0.2, -0.15) is 5.10 Å². The van der Waals surface area contributed by atoms with Gasteiger partial charge in [0.1, 0.15) is 12.2 Å². The minimum atomic E-state index is -0.233. The molecule has 23 heavy (non-hydrogen) atoms. The van der Waals surface area contributed by atoms with E-state index in [9.17, 15) is 4.79 Å². The molecule has 0 saturated carbocycles. The second-order valence-corrected chi connectivity index (χ2v) is 6.39. The fraction of sp³-hybridized carbons (Fsp3) is 0.375. The average molecular weight is 332 g/mol. The summed E-state index contributed by atoms with van der Waals surface area (Å²) in [4.78, 5) is 21.7. The Morgan fingerprint density at radius 1 is 1.26 bits per heavy atom. The maximum Gasteiger partial charge on any atom is 0.263 e. The zero-order valence-electron chi connectivity index (χ0n) is 13.3. The first-order chi connectivity index (χ1) is 11.0. The minimum absolute atomic E-state index is 0.158. The number of aromatic nitrogens is 5. The fourth-order valence-corrected chi connectivity index (χ4v) is 3.01. The molecule has 0 aliphatic heterocycles. The summed E-state index contributed by atoms with van der Waals surface area (Å²) < 4.78 is 3.30. The van der Waals surface area contributed by atoms with Crippen LogP contribution < -0.4 is 5.56 Å². The lowest BCUT2D eigenvalue weighted by Gasteiger charge is -2.21. The van der Waals surface area contributed by atoms with E-state index in [-0.39, 0.29) is 11.6 Å². The number of rotatable bonds is 4. The van der Waals surface area contributed by atoms with Crippen LogP contribution in [0.4, 0.5) is 0 Å². The summed E-state index contributed by atoms with van der Waals surface area (Å²) in [5.41, 5.74) is 0.439. The Kier molecular flexibility index (Phi) is 4.17. The van der Waals surface area contributed by atoms with E-state index in [0.717, 1.165) is 12.2 Å². The Labute approximate surface area is 138 Å². The molecule has 0 N–H and O–H groups in total. The highest BCUT2D eigenvalue weighted by Crippen LogP contribution is 2.24. The van der Waals surface area contributed by atoms with Gasteiger partial charge in [0.05, 0.1) is 28.3 Å². The Hall–Kier alpha value is -2.21. The molecule has 7 heteroatoms. The molecule has 2 aromatic heterocycles. The highest BCUT2D eigenvalue weighted by atomic mass is 35.5. The van der Waals surface area contributed by atoms with Crippen LogP contribution in [-0.4, -0.2) is 24.3 Å². The molecule has 3 rings (SSSR count). The first-order valence-electron chi connectivity index (χ1n) is 7.48. The van der Waals surface area contributed by atoms with Crippen molar-refractivity contribution in [3.63, 3.8) is 0 Å². The molecule has 0 bridgehead atoms. The van der Waals surface area contributed by atoms with E-state index < -0.39 is 0 Å². The lowest BCUT2D eigenvalue weighted by molar-refractivity contribution is 0.411. The van der Waals surface area contributed by atoms with Crippen molar-refractivity contribution < 1.29 is 0 Å². The molecule has 0 saturated heterocycles. The van der Waals surface area contributed by atoms with Crippen molar-refractivity contribution in [2.75, 3.05) is 0 Å². The number of halogens is 1. The maximum absolute atomic E-state index is 13.0. The van der Waals surface area contributed by atoms with E-state index in [2.05, 4.69) is 28.9 Å². The molecule has 0 amide bonds. The van der Waals surface area contributed by atoms with E-state index in [1.807, 2.05) is 7.05 Å². The molecule has 0 spiro atoms. The molecule has 3 aromatic rings. The molecule has 2 heterocycles. The number of hydrogen-bond acceptors (Lipinski definition) is 4. The van der Waals surface area contributed by atoms with Crippen LogP contribution in [0.2, 0.25) is 5.02 Å². The van der Waals surface area contributed by atoms with E-state index in [4.69, 9.17) is 11.6 Å². The predicted molar refractivity (Wildman–Crippen MR) is 89.6 cm³/mol. The van der Waals surface area contributed by atoms with E-state index in [1.54, 1.807) is 33.8 Å². The number of hydrogen-bond donors (Lipinski definition) is 0. The van der Waals surface area contributed by atoms with E-state index in [0.29, 0.717) is 21.8 Å². The standard InChI is InChI=1S/C16H18ClN5O/c1-10(2)7-13(15-18-8-20-21(15)3)22-9-19-12-6-4-5-11(17)14(12)16(22)23/h4-6,8-10,13H,7H2,1-3H3. The number of nitrogens with zero attached hydrogens (tertiary/aromatic N) is 5. The molecule has 1 unspecified atom stereocenters. The van der Waals surface area contributed by atoms with Crippen LogP contribution in [0.3, 0.4) is 0 Å². The molecular weight excluding hydrogens is 314 g/mol. The third kappa shape index (κ3) is 2.86. The largest absolute Gasteiger partial charge is 0.288 e. The molecule has 1 aromatic carbocycles. The second-order valence-electron chi connectivity index (χ2n) is 5.98. The molecule has 120 valence electrons. The van der Waals surface area contributed by atoms with Crippen molar-refractivity contribution >= 4 is 22.5 Å². The van der Waals surface area contributed by atoms with Crippen molar-refractivity contribution in [3.8, 4) is 0 Å². The quantitative estimate of drug-likeness (QED) is 0.737. The first-order valence-corrected chi connectivity index (χ1v) is 7.86. The highest BCUT2D eigenvalue weighted by Gasteiger charge is 2.22. The lowest BCUT2D eigenvalue weighted by Crippen LogP contribution is -2.29. The van der Waals surface area contributed by atoms with Crippen molar-refractivity contribution in [1.29, 1.82) is 0 Å².